The molecule has 42 heavy (non-hydrogen) atoms. The molecule has 11 nitrogen and oxygen atoms in total. The number of hydrogen-bond donors (Lipinski definition) is 3. The first-order valence-corrected chi connectivity index (χ1v) is 15.0. The summed E-state index contributed by atoms with van der Waals surface area (Å²) in [5.41, 5.74) is -1.95. The largest absolute Gasteiger partial charge is 0.508 e. The number of halogens is 1. The predicted octanol–water partition coefficient (Wildman–Crippen LogP) is 3.37. The molecule has 3 N–H and O–H groups in total. The van der Waals surface area contributed by atoms with Crippen LogP contribution in [0.4, 0.5) is 9.59 Å². The van der Waals surface area contributed by atoms with Crippen molar-refractivity contribution in [2.24, 2.45) is 11.3 Å². The fourth-order valence-corrected chi connectivity index (χ4v) is 5.45. The zero-order chi connectivity index (χ0) is 31.1. The summed E-state index contributed by atoms with van der Waals surface area (Å²) in [6.45, 7) is 15.4. The van der Waals surface area contributed by atoms with Gasteiger partial charge in [-0.05, 0) is 44.9 Å². The van der Waals surface area contributed by atoms with Crippen LogP contribution >= 0.6 is 11.6 Å². The Morgan fingerprint density at radius 1 is 1.12 bits per heavy atom. The molecule has 0 spiro atoms. The summed E-state index contributed by atoms with van der Waals surface area (Å²) in [5.74, 6) is -0.600. The van der Waals surface area contributed by atoms with Crippen molar-refractivity contribution in [3.63, 3.8) is 0 Å². The van der Waals surface area contributed by atoms with Crippen molar-refractivity contribution in [1.82, 2.24) is 20.4 Å². The molecule has 2 heterocycles. The monoisotopic (exact) mass is 610 g/mol. The van der Waals surface area contributed by atoms with Gasteiger partial charge < -0.3 is 34.9 Å². The Bertz CT molecular complexity index is 1080. The maximum atomic E-state index is 13.4. The Morgan fingerprint density at radius 3 is 2.38 bits per heavy atom. The Morgan fingerprint density at radius 2 is 1.76 bits per heavy atom. The van der Waals surface area contributed by atoms with Gasteiger partial charge >= 0.3 is 12.2 Å². The zero-order valence-corrected chi connectivity index (χ0v) is 26.5. The van der Waals surface area contributed by atoms with Gasteiger partial charge in [-0.3, -0.25) is 9.69 Å². The van der Waals surface area contributed by atoms with Crippen LogP contribution < -0.4 is 10.6 Å². The van der Waals surface area contributed by atoms with Crippen LogP contribution in [0.5, 0.6) is 0 Å². The number of aliphatic hydroxyl groups is 1. The smallest absolute Gasteiger partial charge is 0.433 e. The molecule has 0 aliphatic carbocycles. The highest BCUT2D eigenvalue weighted by Gasteiger charge is 2.50. The normalized spacial score (nSPS) is 22.5. The average Bonchev–Trinajstić information content (AvgIpc) is 2.93. The Labute approximate surface area is 254 Å². The third kappa shape index (κ3) is 8.95. The van der Waals surface area contributed by atoms with Gasteiger partial charge in [0.2, 0.25) is 5.91 Å². The molecule has 1 aromatic carbocycles. The number of nitrogens with one attached hydrogen (secondary N) is 2. The topological polar surface area (TPSA) is 130 Å². The summed E-state index contributed by atoms with van der Waals surface area (Å²) < 4.78 is 15.9. The van der Waals surface area contributed by atoms with Gasteiger partial charge in [0.25, 0.3) is 0 Å². The van der Waals surface area contributed by atoms with Gasteiger partial charge in [0.15, 0.2) is 0 Å². The molecule has 3 rings (SSSR count). The van der Waals surface area contributed by atoms with E-state index in [1.165, 1.54) is 0 Å². The molecule has 2 aliphatic rings. The molecular formula is C30H47ClN4O7. The van der Waals surface area contributed by atoms with Crippen LogP contribution in [0.3, 0.4) is 0 Å². The van der Waals surface area contributed by atoms with Gasteiger partial charge in [-0.25, -0.2) is 9.59 Å². The molecule has 3 amide bonds. The number of benzene rings is 1. The third-order valence-corrected chi connectivity index (χ3v) is 8.60. The van der Waals surface area contributed by atoms with Crippen molar-refractivity contribution in [1.29, 1.82) is 0 Å². The fourth-order valence-electron chi connectivity index (χ4n) is 5.32. The van der Waals surface area contributed by atoms with E-state index in [0.717, 1.165) is 18.7 Å². The van der Waals surface area contributed by atoms with Crippen LogP contribution in [-0.4, -0.2) is 104 Å². The van der Waals surface area contributed by atoms with Gasteiger partial charge in [0.05, 0.1) is 31.3 Å². The van der Waals surface area contributed by atoms with Crippen LogP contribution in [0.15, 0.2) is 24.3 Å². The number of carbonyl (C=O) groups excluding carboxylic acids is 3. The number of nitrogens with zero attached hydrogens (tertiary/aromatic N) is 2. The number of morpholine rings is 1. The van der Waals surface area contributed by atoms with Gasteiger partial charge in [-0.1, -0.05) is 44.5 Å². The summed E-state index contributed by atoms with van der Waals surface area (Å²) >= 11 is 6.04. The van der Waals surface area contributed by atoms with E-state index in [1.54, 1.807) is 44.7 Å². The van der Waals surface area contributed by atoms with Crippen molar-refractivity contribution < 1.29 is 33.7 Å². The quantitative estimate of drug-likeness (QED) is 0.344. The molecule has 0 aromatic heterocycles. The van der Waals surface area contributed by atoms with Crippen molar-refractivity contribution in [2.75, 3.05) is 59.1 Å². The van der Waals surface area contributed by atoms with Crippen LogP contribution in [0.1, 0.15) is 53.5 Å². The first-order chi connectivity index (χ1) is 19.6. The number of amides is 3. The zero-order valence-electron chi connectivity index (χ0n) is 25.7. The van der Waals surface area contributed by atoms with Crippen LogP contribution in [0.2, 0.25) is 5.02 Å². The SMILES string of the molecule is CC(NC(=O)NCC(C)(C)OC(=O)OCCN1CCOCC1)[C@@H](C)C(=O)N1CC[C@](O)(c2ccc(Cl)cc2)C(C)(C)C1. The molecule has 0 bridgehead atoms. The first-order valence-electron chi connectivity index (χ1n) is 14.6. The standard InChI is InChI=1S/C30H47ClN4O7/c1-21(25(36)35-12-11-30(39,28(3,4)20-35)23-7-9-24(31)10-8-23)22(2)33-26(37)32-19-29(5,6)42-27(38)41-18-15-34-13-16-40-17-14-34/h7-10,21-22,39H,11-20H2,1-6H3,(H2,32,33,37)/t21-,22?,30+/m1/s1. The number of ether oxygens (including phenoxy) is 3. The highest BCUT2D eigenvalue weighted by molar-refractivity contribution is 6.30. The highest BCUT2D eigenvalue weighted by atomic mass is 35.5. The molecule has 236 valence electrons. The molecule has 0 radical (unpaired) electrons. The van der Waals surface area contributed by atoms with E-state index in [-0.39, 0.29) is 19.1 Å². The van der Waals surface area contributed by atoms with Gasteiger partial charge in [0, 0.05) is 49.2 Å². The summed E-state index contributed by atoms with van der Waals surface area (Å²) in [7, 11) is 0. The molecular weight excluding hydrogens is 564 g/mol. The summed E-state index contributed by atoms with van der Waals surface area (Å²) in [6, 6.07) is 6.24. The van der Waals surface area contributed by atoms with Gasteiger partial charge in [0.1, 0.15) is 12.2 Å². The highest BCUT2D eigenvalue weighted by Crippen LogP contribution is 2.46. The van der Waals surface area contributed by atoms with Crippen LogP contribution in [0, 0.1) is 11.3 Å². The van der Waals surface area contributed by atoms with Crippen molar-refractivity contribution in [2.45, 2.75) is 65.2 Å². The minimum Gasteiger partial charge on any atom is -0.433 e. The molecule has 2 saturated heterocycles. The first kappa shape index (κ1) is 33.9. The fraction of sp³-hybridized carbons (Fsp3) is 0.700. The van der Waals surface area contributed by atoms with Crippen LogP contribution in [0.25, 0.3) is 0 Å². The predicted molar refractivity (Wildman–Crippen MR) is 159 cm³/mol. The van der Waals surface area contributed by atoms with Crippen molar-refractivity contribution >= 4 is 29.7 Å². The maximum absolute atomic E-state index is 13.4. The number of urea groups is 1. The molecule has 0 saturated carbocycles. The van der Waals surface area contributed by atoms with Crippen molar-refractivity contribution in [3.8, 4) is 0 Å². The van der Waals surface area contributed by atoms with E-state index in [0.29, 0.717) is 44.3 Å². The third-order valence-electron chi connectivity index (χ3n) is 8.35. The van der Waals surface area contributed by atoms with E-state index in [4.69, 9.17) is 25.8 Å². The van der Waals surface area contributed by atoms with E-state index >= 15 is 0 Å². The number of likely N-dealkylation sites (tertiary alicyclic amines) is 1. The number of carbonyl (C=O) groups is 3. The van der Waals surface area contributed by atoms with Gasteiger partial charge in [-0.2, -0.15) is 0 Å². The van der Waals surface area contributed by atoms with E-state index in [2.05, 4.69) is 15.5 Å². The lowest BCUT2D eigenvalue weighted by molar-refractivity contribution is -0.156. The summed E-state index contributed by atoms with van der Waals surface area (Å²) in [5, 5.41) is 17.7. The van der Waals surface area contributed by atoms with Crippen molar-refractivity contribution in [3.05, 3.63) is 34.9 Å². The second kappa shape index (κ2) is 14.2. The minimum absolute atomic E-state index is 0.0516. The number of hydrogen-bond acceptors (Lipinski definition) is 8. The molecule has 12 heteroatoms. The Kier molecular flexibility index (Phi) is 11.5. The second-order valence-corrected chi connectivity index (χ2v) is 13.0. The second-order valence-electron chi connectivity index (χ2n) is 12.6. The average molecular weight is 611 g/mol. The van der Waals surface area contributed by atoms with E-state index < -0.39 is 40.8 Å². The molecule has 1 aromatic rings. The lowest BCUT2D eigenvalue weighted by atomic mass is 9.66. The molecule has 3 atom stereocenters. The van der Waals surface area contributed by atoms with E-state index in [1.807, 2.05) is 26.0 Å². The summed E-state index contributed by atoms with van der Waals surface area (Å²) in [6.07, 6.45) is -0.414. The molecule has 1 unspecified atom stereocenters. The number of rotatable bonds is 10. The molecule has 2 aliphatic heterocycles. The van der Waals surface area contributed by atoms with Crippen LogP contribution in [-0.2, 0) is 24.6 Å². The van der Waals surface area contributed by atoms with E-state index in [9.17, 15) is 19.5 Å². The summed E-state index contributed by atoms with van der Waals surface area (Å²) in [4.78, 5) is 42.1. The van der Waals surface area contributed by atoms with Gasteiger partial charge in [-0.15, -0.1) is 0 Å². The minimum atomic E-state index is -1.11. The lowest BCUT2D eigenvalue weighted by Gasteiger charge is -2.51. The maximum Gasteiger partial charge on any atom is 0.508 e. The number of piperidine rings is 1. The molecule has 2 fully saturated rings. The Hall–Kier alpha value is -2.60. The Balaban J connectivity index is 1.43. The lowest BCUT2D eigenvalue weighted by Crippen LogP contribution is -2.58.